The quantitative estimate of drug-likeness (QED) is 0.248. The number of amides is 1. The summed E-state index contributed by atoms with van der Waals surface area (Å²) in [5, 5.41) is -0.294. The van der Waals surface area contributed by atoms with Gasteiger partial charge in [0, 0.05) is 29.4 Å². The molecule has 36 heavy (non-hydrogen) atoms. The minimum atomic E-state index is -3.91. The number of carbonyl (C=O) groups is 1. The highest BCUT2D eigenvalue weighted by molar-refractivity contribution is 9.10. The maximum absolute atomic E-state index is 13.5. The molecule has 0 spiro atoms. The van der Waals surface area contributed by atoms with Crippen LogP contribution in [0.5, 0.6) is 0 Å². The first-order chi connectivity index (χ1) is 17.3. The van der Waals surface area contributed by atoms with Gasteiger partial charge in [-0.1, -0.05) is 34.1 Å². The van der Waals surface area contributed by atoms with E-state index in [9.17, 15) is 13.2 Å². The number of pyridine rings is 1. The van der Waals surface area contributed by atoms with E-state index >= 15 is 0 Å². The molecule has 186 valence electrons. The van der Waals surface area contributed by atoms with Crippen molar-refractivity contribution in [2.45, 2.75) is 30.4 Å². The van der Waals surface area contributed by atoms with Gasteiger partial charge in [0.1, 0.15) is 5.82 Å². The smallest absolute Gasteiger partial charge is 0.295 e. The number of aromatic nitrogens is 1. The average molecular weight is 568 g/mol. The lowest BCUT2D eigenvalue weighted by molar-refractivity contribution is 0.0952. The van der Waals surface area contributed by atoms with Gasteiger partial charge < -0.3 is 9.32 Å². The van der Waals surface area contributed by atoms with Crippen molar-refractivity contribution in [3.05, 3.63) is 101 Å². The second-order valence-corrected chi connectivity index (χ2v) is 10.8. The van der Waals surface area contributed by atoms with Gasteiger partial charge in [0.15, 0.2) is 5.76 Å². The zero-order chi connectivity index (χ0) is 25.7. The lowest BCUT2D eigenvalue weighted by Gasteiger charge is -2.23. The van der Waals surface area contributed by atoms with Crippen LogP contribution in [0.4, 0.5) is 11.5 Å². The van der Waals surface area contributed by atoms with Gasteiger partial charge in [-0.05, 0) is 80.1 Å². The summed E-state index contributed by atoms with van der Waals surface area (Å²) in [4.78, 5) is 21.6. The molecule has 0 N–H and O–H groups in total. The van der Waals surface area contributed by atoms with Crippen molar-refractivity contribution in [3.63, 3.8) is 0 Å². The minimum Gasteiger partial charge on any atom is -0.439 e. The molecule has 0 bridgehead atoms. The van der Waals surface area contributed by atoms with Crippen LogP contribution in [0, 0.1) is 0 Å². The molecule has 0 aliphatic carbocycles. The highest BCUT2D eigenvalue weighted by Crippen LogP contribution is 2.26. The van der Waals surface area contributed by atoms with Crippen molar-refractivity contribution in [2.75, 3.05) is 22.9 Å². The molecule has 0 aliphatic rings. The number of furan rings is 1. The van der Waals surface area contributed by atoms with E-state index in [0.717, 1.165) is 28.8 Å². The fourth-order valence-electron chi connectivity index (χ4n) is 3.80. The van der Waals surface area contributed by atoms with E-state index in [1.54, 1.807) is 36.5 Å². The van der Waals surface area contributed by atoms with Crippen LogP contribution in [0.1, 0.15) is 30.0 Å². The van der Waals surface area contributed by atoms with E-state index in [4.69, 9.17) is 4.42 Å². The third-order valence-electron chi connectivity index (χ3n) is 5.76. The molecule has 0 fully saturated rings. The number of sulfone groups is 1. The summed E-state index contributed by atoms with van der Waals surface area (Å²) >= 11 is 3.30. The van der Waals surface area contributed by atoms with Crippen LogP contribution in [0.25, 0.3) is 0 Å². The fourth-order valence-corrected chi connectivity index (χ4v) is 5.23. The highest BCUT2D eigenvalue weighted by atomic mass is 79.9. The van der Waals surface area contributed by atoms with Crippen LogP contribution >= 0.6 is 15.9 Å². The molecule has 4 rings (SSSR count). The van der Waals surface area contributed by atoms with Crippen LogP contribution in [-0.2, 0) is 16.4 Å². The summed E-state index contributed by atoms with van der Waals surface area (Å²) in [6.07, 6.45) is 1.60. The Kier molecular flexibility index (Phi) is 7.91. The number of anilines is 2. The Bertz CT molecular complexity index is 1420. The molecular weight excluding hydrogens is 542 g/mol. The zero-order valence-electron chi connectivity index (χ0n) is 20.0. The van der Waals surface area contributed by atoms with Crippen molar-refractivity contribution >= 4 is 43.2 Å². The minimum absolute atomic E-state index is 0.0777. The van der Waals surface area contributed by atoms with Gasteiger partial charge >= 0.3 is 0 Å². The van der Waals surface area contributed by atoms with Gasteiger partial charge in [-0.2, -0.15) is 0 Å². The molecule has 0 radical (unpaired) electrons. The molecule has 0 unspecified atom stereocenters. The molecule has 1 amide bonds. The SMILES string of the molecule is CCN(CC)c1ccc(CN(C(=O)c2ccc(S(=O)(=O)c3ccc(Br)cc3)o2)c2ccccn2)cc1. The third-order valence-corrected chi connectivity index (χ3v) is 7.93. The Morgan fingerprint density at radius 2 is 1.61 bits per heavy atom. The molecule has 4 aromatic rings. The molecule has 2 aromatic heterocycles. The second kappa shape index (κ2) is 11.1. The second-order valence-electron chi connectivity index (χ2n) is 7.99. The van der Waals surface area contributed by atoms with Gasteiger partial charge in [0.2, 0.25) is 14.9 Å². The van der Waals surface area contributed by atoms with Gasteiger partial charge in [0.05, 0.1) is 11.4 Å². The molecule has 0 atom stereocenters. The fraction of sp³-hybridized carbons (Fsp3) is 0.185. The lowest BCUT2D eigenvalue weighted by atomic mass is 10.1. The molecule has 7 nitrogen and oxygen atoms in total. The number of hydrogen-bond donors (Lipinski definition) is 0. The average Bonchev–Trinajstić information content (AvgIpc) is 3.41. The van der Waals surface area contributed by atoms with Gasteiger partial charge in [-0.15, -0.1) is 0 Å². The van der Waals surface area contributed by atoms with Gasteiger partial charge in [-0.3, -0.25) is 9.69 Å². The largest absolute Gasteiger partial charge is 0.439 e. The number of halogens is 1. The van der Waals surface area contributed by atoms with Crippen LogP contribution < -0.4 is 9.80 Å². The van der Waals surface area contributed by atoms with Gasteiger partial charge in [0.25, 0.3) is 5.91 Å². The summed E-state index contributed by atoms with van der Waals surface area (Å²) in [5.74, 6) is -0.140. The van der Waals surface area contributed by atoms with Crippen LogP contribution in [0.2, 0.25) is 0 Å². The molecule has 9 heteroatoms. The van der Waals surface area contributed by atoms with E-state index in [0.29, 0.717) is 5.82 Å². The highest BCUT2D eigenvalue weighted by Gasteiger charge is 2.27. The summed E-state index contributed by atoms with van der Waals surface area (Å²) < 4.78 is 32.3. The number of benzene rings is 2. The Morgan fingerprint density at radius 1 is 0.917 bits per heavy atom. The molecule has 0 saturated carbocycles. The van der Waals surface area contributed by atoms with Crippen molar-refractivity contribution in [1.29, 1.82) is 0 Å². The van der Waals surface area contributed by atoms with Crippen molar-refractivity contribution < 1.29 is 17.6 Å². The van der Waals surface area contributed by atoms with Crippen LogP contribution in [-0.4, -0.2) is 32.4 Å². The van der Waals surface area contributed by atoms with Crippen molar-refractivity contribution in [2.24, 2.45) is 0 Å². The van der Waals surface area contributed by atoms with E-state index in [-0.39, 0.29) is 22.3 Å². The summed E-state index contributed by atoms with van der Waals surface area (Å²) in [7, 11) is -3.91. The molecule has 2 heterocycles. The Labute approximate surface area is 219 Å². The standard InChI is InChI=1S/C27H26BrN3O4S/c1-3-30(4-2)22-12-8-20(9-13-22)19-31(25-7-5-6-18-29-25)27(32)24-16-17-26(35-24)36(33,34)23-14-10-21(28)11-15-23/h5-18H,3-4,19H2,1-2H3. The van der Waals surface area contributed by atoms with E-state index in [1.807, 2.05) is 24.3 Å². The summed E-state index contributed by atoms with van der Waals surface area (Å²) in [6.45, 7) is 6.25. The predicted molar refractivity (Wildman–Crippen MR) is 143 cm³/mol. The predicted octanol–water partition coefficient (Wildman–Crippen LogP) is 5.96. The Morgan fingerprint density at radius 3 is 2.22 bits per heavy atom. The van der Waals surface area contributed by atoms with Crippen LogP contribution in [0.15, 0.2) is 104 Å². The number of hydrogen-bond acceptors (Lipinski definition) is 6. The Hall–Kier alpha value is -3.43. The first-order valence-corrected chi connectivity index (χ1v) is 13.8. The van der Waals surface area contributed by atoms with Crippen LogP contribution in [0.3, 0.4) is 0 Å². The lowest BCUT2D eigenvalue weighted by Crippen LogP contribution is -2.31. The molecule has 2 aromatic carbocycles. The topological polar surface area (TPSA) is 83.7 Å². The van der Waals surface area contributed by atoms with E-state index < -0.39 is 15.7 Å². The monoisotopic (exact) mass is 567 g/mol. The normalized spacial score (nSPS) is 11.3. The third kappa shape index (κ3) is 5.52. The molecular formula is C27H26BrN3O4S. The Balaban J connectivity index is 1.63. The summed E-state index contributed by atoms with van der Waals surface area (Å²) in [5.41, 5.74) is 2.01. The zero-order valence-corrected chi connectivity index (χ0v) is 22.4. The molecule has 0 saturated heterocycles. The first kappa shape index (κ1) is 25.7. The van der Waals surface area contributed by atoms with Crippen molar-refractivity contribution in [3.8, 4) is 0 Å². The number of carbonyl (C=O) groups excluding carboxylic acids is 1. The number of rotatable bonds is 9. The maximum Gasteiger partial charge on any atom is 0.295 e. The van der Waals surface area contributed by atoms with Crippen molar-refractivity contribution in [1.82, 2.24) is 4.98 Å². The summed E-state index contributed by atoms with van der Waals surface area (Å²) in [6, 6.07) is 22.2. The maximum atomic E-state index is 13.5. The van der Waals surface area contributed by atoms with E-state index in [2.05, 4.69) is 39.7 Å². The van der Waals surface area contributed by atoms with Gasteiger partial charge in [-0.25, -0.2) is 13.4 Å². The molecule has 0 aliphatic heterocycles. The first-order valence-electron chi connectivity index (χ1n) is 11.5. The number of nitrogens with zero attached hydrogens (tertiary/aromatic N) is 3. The van der Waals surface area contributed by atoms with E-state index in [1.165, 1.54) is 29.2 Å².